The molecule has 0 spiro atoms. The van der Waals surface area contributed by atoms with Crippen molar-refractivity contribution in [2.75, 3.05) is 6.54 Å². The molecule has 1 aliphatic heterocycles. The number of imide groups is 1. The smallest absolute Gasteiger partial charge is 0.303 e. The van der Waals surface area contributed by atoms with Gasteiger partial charge in [0.2, 0.25) is 11.8 Å². The largest absolute Gasteiger partial charge is 0.481 e. The zero-order valence-corrected chi connectivity index (χ0v) is 10.9. The van der Waals surface area contributed by atoms with Crippen molar-refractivity contribution in [1.29, 1.82) is 0 Å². The highest BCUT2D eigenvalue weighted by Crippen LogP contribution is 2.35. The van der Waals surface area contributed by atoms with Gasteiger partial charge in [0.1, 0.15) is 0 Å². The Labute approximate surface area is 112 Å². The van der Waals surface area contributed by atoms with E-state index in [1.165, 1.54) is 4.90 Å². The Kier molecular flexibility index (Phi) is 4.35. The van der Waals surface area contributed by atoms with Crippen molar-refractivity contribution in [3.8, 4) is 0 Å². The van der Waals surface area contributed by atoms with Gasteiger partial charge in [-0.3, -0.25) is 19.3 Å². The van der Waals surface area contributed by atoms with Crippen molar-refractivity contribution in [2.24, 2.45) is 11.8 Å². The summed E-state index contributed by atoms with van der Waals surface area (Å²) in [4.78, 5) is 35.9. The van der Waals surface area contributed by atoms with Gasteiger partial charge in [0.05, 0.1) is 11.8 Å². The van der Waals surface area contributed by atoms with E-state index in [1.807, 2.05) is 12.2 Å². The van der Waals surface area contributed by atoms with E-state index in [-0.39, 0.29) is 30.1 Å². The molecule has 1 fully saturated rings. The van der Waals surface area contributed by atoms with Crippen LogP contribution in [0.2, 0.25) is 0 Å². The number of likely N-dealkylation sites (tertiary alicyclic amines) is 1. The zero-order valence-electron chi connectivity index (χ0n) is 10.9. The van der Waals surface area contributed by atoms with E-state index in [0.717, 1.165) is 6.42 Å². The SMILES string of the molecule is O=C(O)CCCCCN1C(=O)[C@H]2CC=CC[C@H]2C1=O. The highest BCUT2D eigenvalue weighted by molar-refractivity contribution is 6.05. The lowest BCUT2D eigenvalue weighted by Crippen LogP contribution is -2.32. The fraction of sp³-hybridized carbons (Fsp3) is 0.643. The van der Waals surface area contributed by atoms with Crippen LogP contribution in [0, 0.1) is 11.8 Å². The molecule has 0 unspecified atom stereocenters. The maximum absolute atomic E-state index is 12.1. The molecule has 1 saturated heterocycles. The molecule has 2 amide bonds. The van der Waals surface area contributed by atoms with Crippen LogP contribution in [-0.2, 0) is 14.4 Å². The average Bonchev–Trinajstić information content (AvgIpc) is 2.63. The molecular weight excluding hydrogens is 246 g/mol. The second-order valence-corrected chi connectivity index (χ2v) is 5.19. The first kappa shape index (κ1) is 13.8. The second kappa shape index (κ2) is 5.99. The molecule has 0 aromatic rings. The van der Waals surface area contributed by atoms with Crippen molar-refractivity contribution in [2.45, 2.75) is 38.5 Å². The van der Waals surface area contributed by atoms with Gasteiger partial charge in [0.15, 0.2) is 0 Å². The lowest BCUT2D eigenvalue weighted by molar-refractivity contribution is -0.140. The summed E-state index contributed by atoms with van der Waals surface area (Å²) in [5.74, 6) is -1.20. The van der Waals surface area contributed by atoms with Gasteiger partial charge in [-0.2, -0.15) is 0 Å². The summed E-state index contributed by atoms with van der Waals surface area (Å²) in [6.07, 6.45) is 7.46. The van der Waals surface area contributed by atoms with Crippen LogP contribution in [0.5, 0.6) is 0 Å². The molecule has 0 bridgehead atoms. The van der Waals surface area contributed by atoms with Crippen molar-refractivity contribution >= 4 is 17.8 Å². The summed E-state index contributed by atoms with van der Waals surface area (Å²) in [5, 5.41) is 8.52. The standard InChI is InChI=1S/C14H19NO4/c16-12(17)8-2-1-5-9-15-13(18)10-6-3-4-7-11(10)14(15)19/h3-4,10-11H,1-2,5-9H2,(H,16,17)/t10-,11+. The van der Waals surface area contributed by atoms with E-state index in [0.29, 0.717) is 32.2 Å². The molecule has 2 aliphatic rings. The predicted octanol–water partition coefficient (Wildman–Crippen LogP) is 1.58. The Morgan fingerprint density at radius 1 is 1.11 bits per heavy atom. The number of carbonyl (C=O) groups excluding carboxylic acids is 2. The third kappa shape index (κ3) is 3.03. The van der Waals surface area contributed by atoms with Crippen LogP contribution in [0.3, 0.4) is 0 Å². The van der Waals surface area contributed by atoms with Crippen molar-refractivity contribution in [3.05, 3.63) is 12.2 Å². The van der Waals surface area contributed by atoms with E-state index >= 15 is 0 Å². The molecular formula is C14H19NO4. The number of carboxylic acid groups (broad SMARTS) is 1. The first-order valence-corrected chi connectivity index (χ1v) is 6.83. The number of aliphatic carboxylic acids is 1. The number of rotatable bonds is 6. The monoisotopic (exact) mass is 265 g/mol. The molecule has 5 heteroatoms. The molecule has 19 heavy (non-hydrogen) atoms. The van der Waals surface area contributed by atoms with E-state index in [4.69, 9.17) is 5.11 Å². The van der Waals surface area contributed by atoms with Crippen LogP contribution >= 0.6 is 0 Å². The molecule has 1 aliphatic carbocycles. The Morgan fingerprint density at radius 3 is 2.21 bits per heavy atom. The van der Waals surface area contributed by atoms with Crippen molar-refractivity contribution in [3.63, 3.8) is 0 Å². The van der Waals surface area contributed by atoms with Gasteiger partial charge in [-0.1, -0.05) is 18.6 Å². The van der Waals surface area contributed by atoms with Gasteiger partial charge in [0.25, 0.3) is 0 Å². The topological polar surface area (TPSA) is 74.7 Å². The van der Waals surface area contributed by atoms with E-state index < -0.39 is 5.97 Å². The molecule has 1 N–H and O–H groups in total. The fourth-order valence-corrected chi connectivity index (χ4v) is 2.81. The van der Waals surface area contributed by atoms with Gasteiger partial charge in [-0.15, -0.1) is 0 Å². The summed E-state index contributed by atoms with van der Waals surface area (Å²) < 4.78 is 0. The van der Waals surface area contributed by atoms with Crippen LogP contribution in [0.25, 0.3) is 0 Å². The summed E-state index contributed by atoms with van der Waals surface area (Å²) in [6, 6.07) is 0. The molecule has 2 rings (SSSR count). The molecule has 104 valence electrons. The minimum atomic E-state index is -0.801. The van der Waals surface area contributed by atoms with Crippen LogP contribution in [0.4, 0.5) is 0 Å². The van der Waals surface area contributed by atoms with Gasteiger partial charge in [-0.25, -0.2) is 0 Å². The van der Waals surface area contributed by atoms with Crippen molar-refractivity contribution < 1.29 is 19.5 Å². The molecule has 0 saturated carbocycles. The first-order valence-electron chi connectivity index (χ1n) is 6.83. The summed E-state index contributed by atoms with van der Waals surface area (Å²) in [5.41, 5.74) is 0. The quantitative estimate of drug-likeness (QED) is 0.449. The Balaban J connectivity index is 1.80. The number of allylic oxidation sites excluding steroid dienone is 2. The second-order valence-electron chi connectivity index (χ2n) is 5.19. The van der Waals surface area contributed by atoms with Gasteiger partial charge >= 0.3 is 5.97 Å². The molecule has 0 radical (unpaired) electrons. The van der Waals surface area contributed by atoms with Gasteiger partial charge in [-0.05, 0) is 25.7 Å². The zero-order chi connectivity index (χ0) is 13.8. The number of nitrogens with zero attached hydrogens (tertiary/aromatic N) is 1. The number of amides is 2. The first-order chi connectivity index (χ1) is 9.11. The maximum atomic E-state index is 12.1. The normalized spacial score (nSPS) is 25.8. The number of hydrogen-bond acceptors (Lipinski definition) is 3. The Bertz CT molecular complexity index is 390. The minimum absolute atomic E-state index is 0.0439. The molecule has 0 aromatic heterocycles. The number of fused-ring (bicyclic) bond motifs is 1. The lowest BCUT2D eigenvalue weighted by atomic mass is 9.85. The third-order valence-corrected chi connectivity index (χ3v) is 3.87. The molecule has 1 heterocycles. The van der Waals surface area contributed by atoms with Crippen LogP contribution < -0.4 is 0 Å². The fourth-order valence-electron chi connectivity index (χ4n) is 2.81. The summed E-state index contributed by atoms with van der Waals surface area (Å²) >= 11 is 0. The van der Waals surface area contributed by atoms with Crippen LogP contribution in [0.1, 0.15) is 38.5 Å². The highest BCUT2D eigenvalue weighted by atomic mass is 16.4. The lowest BCUT2D eigenvalue weighted by Gasteiger charge is -2.14. The highest BCUT2D eigenvalue weighted by Gasteiger charge is 2.46. The average molecular weight is 265 g/mol. The third-order valence-electron chi connectivity index (χ3n) is 3.87. The molecule has 5 nitrogen and oxygen atoms in total. The predicted molar refractivity (Wildman–Crippen MR) is 68.2 cm³/mol. The number of hydrogen-bond donors (Lipinski definition) is 1. The van der Waals surface area contributed by atoms with Crippen molar-refractivity contribution in [1.82, 2.24) is 4.90 Å². The summed E-state index contributed by atoms with van der Waals surface area (Å²) in [7, 11) is 0. The molecule has 0 aromatic carbocycles. The van der Waals surface area contributed by atoms with Crippen LogP contribution in [-0.4, -0.2) is 34.3 Å². The van der Waals surface area contributed by atoms with E-state index in [9.17, 15) is 14.4 Å². The number of carbonyl (C=O) groups is 3. The molecule has 2 atom stereocenters. The van der Waals surface area contributed by atoms with E-state index in [1.54, 1.807) is 0 Å². The number of carboxylic acids is 1. The van der Waals surface area contributed by atoms with Gasteiger partial charge < -0.3 is 5.11 Å². The number of unbranched alkanes of at least 4 members (excludes halogenated alkanes) is 2. The minimum Gasteiger partial charge on any atom is -0.481 e. The van der Waals surface area contributed by atoms with Gasteiger partial charge in [0, 0.05) is 13.0 Å². The Morgan fingerprint density at radius 2 is 1.68 bits per heavy atom. The van der Waals surface area contributed by atoms with Crippen LogP contribution in [0.15, 0.2) is 12.2 Å². The maximum Gasteiger partial charge on any atom is 0.303 e. The van der Waals surface area contributed by atoms with E-state index in [2.05, 4.69) is 0 Å². The summed E-state index contributed by atoms with van der Waals surface area (Å²) in [6.45, 7) is 0.435. The Hall–Kier alpha value is -1.65.